The van der Waals surface area contributed by atoms with Gasteiger partial charge in [-0.05, 0) is 0 Å². The molecule has 0 aliphatic heterocycles. The zero-order valence-corrected chi connectivity index (χ0v) is 6.24. The number of aliphatic hydroxyl groups excluding tert-OH is 5. The van der Waals surface area contributed by atoms with Gasteiger partial charge in [0.1, 0.15) is 24.4 Å². The summed E-state index contributed by atoms with van der Waals surface area (Å²) < 4.78 is 0. The number of aldehydes is 1. The minimum absolute atomic E-state index is 0. The van der Waals surface area contributed by atoms with Crippen molar-refractivity contribution in [3.63, 3.8) is 0 Å². The van der Waals surface area contributed by atoms with Gasteiger partial charge in [-0.25, -0.2) is 0 Å². The molecule has 80 valence electrons. The van der Waals surface area contributed by atoms with E-state index in [1.165, 1.54) is 0 Å². The van der Waals surface area contributed by atoms with Crippen LogP contribution in [0.25, 0.3) is 0 Å². The van der Waals surface area contributed by atoms with Gasteiger partial charge in [0.05, 0.1) is 6.61 Å². The van der Waals surface area contributed by atoms with Crippen molar-refractivity contribution in [2.75, 3.05) is 6.61 Å². The third-order valence-corrected chi connectivity index (χ3v) is 1.42. The summed E-state index contributed by atoms with van der Waals surface area (Å²) >= 11 is 0. The van der Waals surface area contributed by atoms with Gasteiger partial charge in [-0.3, -0.25) is 0 Å². The predicted octanol–water partition coefficient (Wildman–Crippen LogP) is -2.74. The molecule has 0 rings (SSSR count). The summed E-state index contributed by atoms with van der Waals surface area (Å²) in [5, 5.41) is 43.5. The van der Waals surface area contributed by atoms with Crippen LogP contribution in [0, 0.1) is 0 Å². The molecule has 0 heterocycles. The lowest BCUT2D eigenvalue weighted by Gasteiger charge is -2.22. The maximum Gasteiger partial charge on any atom is 0.151 e. The number of rotatable bonds is 5. The molecule has 13 heavy (non-hydrogen) atoms. The van der Waals surface area contributed by atoms with Crippen LogP contribution in [0.3, 0.4) is 0 Å². The molecule has 0 radical (unpaired) electrons. The maximum atomic E-state index is 9.90. The molecule has 0 bridgehead atoms. The molecule has 0 saturated carbocycles. The van der Waals surface area contributed by atoms with E-state index in [-0.39, 0.29) is 13.7 Å². The largest absolute Gasteiger partial charge is 0.394 e. The highest BCUT2D eigenvalue weighted by Crippen LogP contribution is 2.02. The Hall–Kier alpha value is -0.530. The lowest BCUT2D eigenvalue weighted by atomic mass is 10.0. The highest BCUT2D eigenvalue weighted by molar-refractivity contribution is 5.56. The second-order valence-corrected chi connectivity index (χ2v) is 2.36. The van der Waals surface area contributed by atoms with Crippen molar-refractivity contribution in [2.24, 2.45) is 0 Å². The SMILES string of the molecule is C.O=C[C@H](O)[C@@H](O)[C@@H](O)[C@H](O)CO. The summed E-state index contributed by atoms with van der Waals surface area (Å²) in [6, 6.07) is 0. The number of hydrogen-bond acceptors (Lipinski definition) is 6. The molecule has 6 nitrogen and oxygen atoms in total. The Morgan fingerprint density at radius 1 is 1.08 bits per heavy atom. The molecule has 0 aromatic heterocycles. The van der Waals surface area contributed by atoms with Gasteiger partial charge in [-0.2, -0.15) is 0 Å². The fraction of sp³-hybridized carbons (Fsp3) is 0.857. The van der Waals surface area contributed by atoms with Crippen LogP contribution in [0.15, 0.2) is 0 Å². The molecule has 0 aromatic rings. The third kappa shape index (κ3) is 4.30. The van der Waals surface area contributed by atoms with Crippen LogP contribution in [0.5, 0.6) is 0 Å². The normalized spacial score (nSPS) is 19.5. The van der Waals surface area contributed by atoms with Crippen LogP contribution in [0.1, 0.15) is 7.43 Å². The van der Waals surface area contributed by atoms with E-state index < -0.39 is 31.0 Å². The van der Waals surface area contributed by atoms with E-state index in [0.29, 0.717) is 0 Å². The average molecular weight is 196 g/mol. The van der Waals surface area contributed by atoms with Gasteiger partial charge in [-0.1, -0.05) is 7.43 Å². The fourth-order valence-electron chi connectivity index (χ4n) is 0.618. The van der Waals surface area contributed by atoms with Crippen LogP contribution < -0.4 is 0 Å². The molecule has 0 amide bonds. The molecule has 0 saturated heterocycles. The third-order valence-electron chi connectivity index (χ3n) is 1.42. The molecule has 5 N–H and O–H groups in total. The highest BCUT2D eigenvalue weighted by atomic mass is 16.4. The summed E-state index contributed by atoms with van der Waals surface area (Å²) in [6.07, 6.45) is -6.84. The average Bonchev–Trinajstić information content (AvgIpc) is 2.12. The monoisotopic (exact) mass is 196 g/mol. The van der Waals surface area contributed by atoms with Crippen molar-refractivity contribution in [2.45, 2.75) is 31.8 Å². The van der Waals surface area contributed by atoms with Crippen molar-refractivity contribution in [3.8, 4) is 0 Å². The Balaban J connectivity index is 0. The molecular formula is C7H16O6. The first kappa shape index (κ1) is 15.0. The molecule has 6 heteroatoms. The lowest BCUT2D eigenvalue weighted by molar-refractivity contribution is -0.136. The standard InChI is InChI=1S/C6H12O6.CH4/c7-1-3(9)5(11)6(12)4(10)2-8;/h1,3-6,8-12H,2H2;1H4/t3-,4+,5+,6-;/m0./s1. The topological polar surface area (TPSA) is 118 Å². The Morgan fingerprint density at radius 2 is 1.54 bits per heavy atom. The van der Waals surface area contributed by atoms with Crippen molar-refractivity contribution in [3.05, 3.63) is 0 Å². The highest BCUT2D eigenvalue weighted by Gasteiger charge is 2.29. The number of aliphatic hydroxyl groups is 5. The summed E-state index contributed by atoms with van der Waals surface area (Å²) in [7, 11) is 0. The van der Waals surface area contributed by atoms with E-state index in [9.17, 15) is 4.79 Å². The molecule has 0 unspecified atom stereocenters. The number of carbonyl (C=O) groups is 1. The van der Waals surface area contributed by atoms with E-state index in [4.69, 9.17) is 25.5 Å². The Bertz CT molecular complexity index is 139. The summed E-state index contributed by atoms with van der Waals surface area (Å²) in [5.74, 6) is 0. The van der Waals surface area contributed by atoms with Crippen molar-refractivity contribution < 1.29 is 30.3 Å². The van der Waals surface area contributed by atoms with Crippen LogP contribution in [0.2, 0.25) is 0 Å². The number of hydrogen-bond donors (Lipinski definition) is 5. The van der Waals surface area contributed by atoms with Gasteiger partial charge in [0, 0.05) is 0 Å². The Kier molecular flexibility index (Phi) is 7.98. The predicted molar refractivity (Wildman–Crippen MR) is 43.9 cm³/mol. The Labute approximate surface area is 76.1 Å². The number of carbonyl (C=O) groups excluding carboxylic acids is 1. The van der Waals surface area contributed by atoms with Gasteiger partial charge >= 0.3 is 0 Å². The second kappa shape index (κ2) is 6.93. The van der Waals surface area contributed by atoms with Gasteiger partial charge in [0.2, 0.25) is 0 Å². The van der Waals surface area contributed by atoms with Crippen molar-refractivity contribution >= 4 is 6.29 Å². The van der Waals surface area contributed by atoms with Crippen LogP contribution in [0.4, 0.5) is 0 Å². The lowest BCUT2D eigenvalue weighted by Crippen LogP contribution is -2.46. The summed E-state index contributed by atoms with van der Waals surface area (Å²) in [5.41, 5.74) is 0. The van der Waals surface area contributed by atoms with Crippen molar-refractivity contribution in [1.29, 1.82) is 0 Å². The van der Waals surface area contributed by atoms with Gasteiger partial charge in [0.15, 0.2) is 6.29 Å². The molecule has 0 fully saturated rings. The van der Waals surface area contributed by atoms with Gasteiger partial charge in [-0.15, -0.1) is 0 Å². The molecule has 0 aliphatic carbocycles. The first-order valence-corrected chi connectivity index (χ1v) is 3.33. The summed E-state index contributed by atoms with van der Waals surface area (Å²) in [4.78, 5) is 9.90. The van der Waals surface area contributed by atoms with E-state index in [0.717, 1.165) is 0 Å². The Morgan fingerprint density at radius 3 is 1.85 bits per heavy atom. The first-order chi connectivity index (χ1) is 5.54. The van der Waals surface area contributed by atoms with Crippen molar-refractivity contribution in [1.82, 2.24) is 0 Å². The van der Waals surface area contributed by atoms with E-state index in [1.54, 1.807) is 0 Å². The molecular weight excluding hydrogens is 180 g/mol. The van der Waals surface area contributed by atoms with E-state index in [1.807, 2.05) is 0 Å². The molecule has 0 spiro atoms. The van der Waals surface area contributed by atoms with Gasteiger partial charge < -0.3 is 30.3 Å². The van der Waals surface area contributed by atoms with Crippen LogP contribution >= 0.6 is 0 Å². The van der Waals surface area contributed by atoms with E-state index >= 15 is 0 Å². The molecule has 4 atom stereocenters. The smallest absolute Gasteiger partial charge is 0.151 e. The first-order valence-electron chi connectivity index (χ1n) is 3.33. The van der Waals surface area contributed by atoms with Crippen LogP contribution in [-0.2, 0) is 4.79 Å². The zero-order chi connectivity index (χ0) is 9.72. The van der Waals surface area contributed by atoms with E-state index in [2.05, 4.69) is 0 Å². The molecule has 0 aliphatic rings. The van der Waals surface area contributed by atoms with Crippen LogP contribution in [-0.4, -0.2) is 62.8 Å². The quantitative estimate of drug-likeness (QED) is 0.304. The second-order valence-electron chi connectivity index (χ2n) is 2.36. The van der Waals surface area contributed by atoms with Gasteiger partial charge in [0.25, 0.3) is 0 Å². The minimum Gasteiger partial charge on any atom is -0.394 e. The summed E-state index contributed by atoms with van der Waals surface area (Å²) in [6.45, 7) is -0.760. The fourth-order valence-corrected chi connectivity index (χ4v) is 0.618. The minimum atomic E-state index is -1.79. The molecule has 0 aromatic carbocycles. The maximum absolute atomic E-state index is 9.90. The zero-order valence-electron chi connectivity index (χ0n) is 6.24.